The molecule has 1 aromatic heterocycles. The molecule has 4 heteroatoms. The number of ether oxygens (including phenoxy) is 1. The summed E-state index contributed by atoms with van der Waals surface area (Å²) in [6.07, 6.45) is 12.9. The van der Waals surface area contributed by atoms with Crippen LogP contribution in [-0.2, 0) is 5.41 Å². The third-order valence-corrected chi connectivity index (χ3v) is 8.47. The highest BCUT2D eigenvalue weighted by atomic mass is 16.5. The van der Waals surface area contributed by atoms with Gasteiger partial charge in [-0.2, -0.15) is 4.98 Å². The summed E-state index contributed by atoms with van der Waals surface area (Å²) in [7, 11) is 0. The van der Waals surface area contributed by atoms with Crippen LogP contribution in [-0.4, -0.2) is 21.7 Å². The molecule has 0 atom stereocenters. The van der Waals surface area contributed by atoms with Gasteiger partial charge in [0.1, 0.15) is 5.75 Å². The highest BCUT2D eigenvalue weighted by Crippen LogP contribution is 2.49. The number of hydrogen-bond donors (Lipinski definition) is 1. The van der Waals surface area contributed by atoms with Gasteiger partial charge >= 0.3 is 0 Å². The standard InChI is InChI=1S/C37H44N2O2/c1-4-5-6-7-8-9-10-11-12-17-24-41-35-26-33(38-36(39-35)29-19-14-16-21-34(29)40)27-22-23-32-30(25-27)28-18-13-15-20-31(28)37(32,2)3/h13-16,18-23,25-26,40H,4-12,17,24H2,1-3H3. The number of hydrogen-bond acceptors (Lipinski definition) is 4. The topological polar surface area (TPSA) is 55.2 Å². The van der Waals surface area contributed by atoms with Gasteiger partial charge in [0.2, 0.25) is 5.88 Å². The molecule has 4 nitrogen and oxygen atoms in total. The highest BCUT2D eigenvalue weighted by molar-refractivity contribution is 5.84. The second kappa shape index (κ2) is 13.3. The molecule has 0 aliphatic heterocycles. The van der Waals surface area contributed by atoms with Crippen LogP contribution in [0, 0.1) is 0 Å². The molecule has 0 saturated carbocycles. The number of benzene rings is 3. The second-order valence-electron chi connectivity index (χ2n) is 11.9. The predicted molar refractivity (Wildman–Crippen MR) is 169 cm³/mol. The van der Waals surface area contributed by atoms with E-state index in [0.29, 0.717) is 23.9 Å². The van der Waals surface area contributed by atoms with Gasteiger partial charge in [0.25, 0.3) is 0 Å². The third-order valence-electron chi connectivity index (χ3n) is 8.47. The van der Waals surface area contributed by atoms with E-state index in [9.17, 15) is 5.11 Å². The van der Waals surface area contributed by atoms with Gasteiger partial charge < -0.3 is 9.84 Å². The number of aromatic hydroxyl groups is 1. The molecule has 4 aromatic rings. The first kappa shape index (κ1) is 28.9. The molecule has 0 amide bonds. The number of nitrogens with zero attached hydrogens (tertiary/aromatic N) is 2. The van der Waals surface area contributed by atoms with E-state index in [1.54, 1.807) is 6.07 Å². The van der Waals surface area contributed by atoms with E-state index in [0.717, 1.165) is 17.7 Å². The zero-order chi connectivity index (χ0) is 28.7. The summed E-state index contributed by atoms with van der Waals surface area (Å²) in [4.78, 5) is 9.62. The van der Waals surface area contributed by atoms with Crippen LogP contribution in [0.15, 0.2) is 72.8 Å². The lowest BCUT2D eigenvalue weighted by atomic mass is 9.82. The molecule has 0 spiro atoms. The number of rotatable bonds is 14. The maximum atomic E-state index is 10.6. The molecule has 0 unspecified atom stereocenters. The van der Waals surface area contributed by atoms with Crippen LogP contribution in [0.5, 0.6) is 11.6 Å². The SMILES string of the molecule is CCCCCCCCCCCCOc1cc(-c2ccc3c(c2)-c2ccccc2C3(C)C)nc(-c2ccccc2O)n1. The summed E-state index contributed by atoms with van der Waals surface area (Å²) >= 11 is 0. The maximum absolute atomic E-state index is 10.6. The minimum atomic E-state index is -0.0412. The van der Waals surface area contributed by atoms with Gasteiger partial charge in [0.15, 0.2) is 5.82 Å². The second-order valence-corrected chi connectivity index (χ2v) is 11.9. The summed E-state index contributed by atoms with van der Waals surface area (Å²) < 4.78 is 6.19. The zero-order valence-electron chi connectivity index (χ0n) is 25.0. The van der Waals surface area contributed by atoms with Crippen molar-refractivity contribution in [3.05, 3.63) is 83.9 Å². The first-order valence-electron chi connectivity index (χ1n) is 15.5. The minimum Gasteiger partial charge on any atom is -0.507 e. The van der Waals surface area contributed by atoms with E-state index < -0.39 is 0 Å². The Kier molecular flexibility index (Phi) is 9.38. The van der Waals surface area contributed by atoms with Crippen molar-refractivity contribution in [3.63, 3.8) is 0 Å². The molecule has 1 aliphatic rings. The van der Waals surface area contributed by atoms with Gasteiger partial charge in [0, 0.05) is 17.0 Å². The summed E-state index contributed by atoms with van der Waals surface area (Å²) in [6.45, 7) is 7.47. The molecular formula is C37H44N2O2. The third kappa shape index (κ3) is 6.64. The largest absolute Gasteiger partial charge is 0.507 e. The monoisotopic (exact) mass is 548 g/mol. The van der Waals surface area contributed by atoms with E-state index in [1.807, 2.05) is 24.3 Å². The van der Waals surface area contributed by atoms with Crippen LogP contribution in [0.2, 0.25) is 0 Å². The lowest BCUT2D eigenvalue weighted by Crippen LogP contribution is -2.14. The van der Waals surface area contributed by atoms with Gasteiger partial charge in [-0.1, -0.05) is 127 Å². The summed E-state index contributed by atoms with van der Waals surface area (Å²) in [5, 5.41) is 10.6. The average Bonchev–Trinajstić information content (AvgIpc) is 3.22. The Hall–Kier alpha value is -3.66. The maximum Gasteiger partial charge on any atom is 0.217 e. The van der Waals surface area contributed by atoms with Crippen LogP contribution in [0.3, 0.4) is 0 Å². The van der Waals surface area contributed by atoms with Crippen LogP contribution < -0.4 is 4.74 Å². The van der Waals surface area contributed by atoms with Crippen molar-refractivity contribution >= 4 is 0 Å². The summed E-state index contributed by atoms with van der Waals surface area (Å²) in [6, 6.07) is 24.5. The van der Waals surface area contributed by atoms with Crippen molar-refractivity contribution in [2.24, 2.45) is 0 Å². The molecule has 3 aromatic carbocycles. The van der Waals surface area contributed by atoms with Crippen LogP contribution in [0.25, 0.3) is 33.8 Å². The molecule has 0 fully saturated rings. The number of para-hydroxylation sites is 1. The van der Waals surface area contributed by atoms with Crippen molar-refractivity contribution in [1.29, 1.82) is 0 Å². The summed E-state index contributed by atoms with van der Waals surface area (Å²) in [5.41, 5.74) is 7.58. The fraction of sp³-hybridized carbons (Fsp3) is 0.405. The number of aromatic nitrogens is 2. The Morgan fingerprint density at radius 2 is 1.29 bits per heavy atom. The quantitative estimate of drug-likeness (QED) is 0.159. The van der Waals surface area contributed by atoms with E-state index in [1.165, 1.54) is 80.0 Å². The molecule has 41 heavy (non-hydrogen) atoms. The van der Waals surface area contributed by atoms with Gasteiger partial charge in [-0.05, 0) is 46.9 Å². The molecule has 0 bridgehead atoms. The predicted octanol–water partition coefficient (Wildman–Crippen LogP) is 10.1. The molecular weight excluding hydrogens is 504 g/mol. The Bertz CT molecular complexity index is 1460. The number of fused-ring (bicyclic) bond motifs is 3. The van der Waals surface area contributed by atoms with Crippen molar-refractivity contribution < 1.29 is 9.84 Å². The number of phenols is 1. The van der Waals surface area contributed by atoms with Crippen molar-refractivity contribution in [2.45, 2.75) is 90.4 Å². The van der Waals surface area contributed by atoms with E-state index in [2.05, 4.69) is 63.2 Å². The Morgan fingerprint density at radius 3 is 2.02 bits per heavy atom. The molecule has 1 N–H and O–H groups in total. The first-order chi connectivity index (χ1) is 20.0. The van der Waals surface area contributed by atoms with Crippen LogP contribution >= 0.6 is 0 Å². The van der Waals surface area contributed by atoms with E-state index in [4.69, 9.17) is 14.7 Å². The van der Waals surface area contributed by atoms with Crippen LogP contribution in [0.4, 0.5) is 0 Å². The van der Waals surface area contributed by atoms with Crippen LogP contribution in [0.1, 0.15) is 96.1 Å². The molecule has 1 heterocycles. The van der Waals surface area contributed by atoms with E-state index in [-0.39, 0.29) is 11.2 Å². The average molecular weight is 549 g/mol. The van der Waals surface area contributed by atoms with Gasteiger partial charge in [-0.25, -0.2) is 4.98 Å². The minimum absolute atomic E-state index is 0.0412. The fourth-order valence-corrected chi connectivity index (χ4v) is 6.08. The molecule has 5 rings (SSSR count). The van der Waals surface area contributed by atoms with E-state index >= 15 is 0 Å². The highest BCUT2D eigenvalue weighted by Gasteiger charge is 2.35. The molecule has 214 valence electrons. The van der Waals surface area contributed by atoms with Crippen molar-refractivity contribution in [1.82, 2.24) is 9.97 Å². The Morgan fingerprint density at radius 1 is 0.659 bits per heavy atom. The first-order valence-corrected chi connectivity index (χ1v) is 15.5. The Balaban J connectivity index is 1.32. The molecule has 0 saturated heterocycles. The summed E-state index contributed by atoms with van der Waals surface area (Å²) in [5.74, 6) is 1.18. The van der Waals surface area contributed by atoms with Gasteiger partial charge in [-0.15, -0.1) is 0 Å². The van der Waals surface area contributed by atoms with Gasteiger partial charge in [0.05, 0.1) is 17.9 Å². The smallest absolute Gasteiger partial charge is 0.217 e. The normalized spacial score (nSPS) is 13.1. The Labute approximate surface area is 245 Å². The number of phenolic OH excluding ortho intramolecular Hbond substituents is 1. The van der Waals surface area contributed by atoms with Crippen molar-refractivity contribution in [2.75, 3.05) is 6.61 Å². The fourth-order valence-electron chi connectivity index (χ4n) is 6.08. The number of unbranched alkanes of at least 4 members (excludes halogenated alkanes) is 9. The molecule has 1 aliphatic carbocycles. The van der Waals surface area contributed by atoms with Crippen molar-refractivity contribution in [3.8, 4) is 45.4 Å². The zero-order valence-corrected chi connectivity index (χ0v) is 25.0. The lowest BCUT2D eigenvalue weighted by Gasteiger charge is -2.21. The lowest BCUT2D eigenvalue weighted by molar-refractivity contribution is 0.293. The van der Waals surface area contributed by atoms with Gasteiger partial charge in [-0.3, -0.25) is 0 Å². The molecule has 0 radical (unpaired) electrons.